The van der Waals surface area contributed by atoms with E-state index in [-0.39, 0.29) is 5.82 Å². The molecule has 2 aliphatic heterocycles. The third-order valence-corrected chi connectivity index (χ3v) is 6.60. The lowest BCUT2D eigenvalue weighted by molar-refractivity contribution is -0.137. The van der Waals surface area contributed by atoms with Gasteiger partial charge in [-0.2, -0.15) is 13.2 Å². The van der Waals surface area contributed by atoms with E-state index in [1.54, 1.807) is 16.2 Å². The quantitative estimate of drug-likeness (QED) is 0.761. The van der Waals surface area contributed by atoms with Gasteiger partial charge in [-0.05, 0) is 36.4 Å². The number of anilines is 1. The standard InChI is InChI=1S/C20H25F3N4S/c21-20(22,23)18-4-1-7-24-19(18)27-12-10-26(11-13-27)16-5-8-25(9-6-16)15-17-3-2-14-28-17/h1-4,7,14,16H,5-6,8-13,15H2. The van der Waals surface area contributed by atoms with Gasteiger partial charge >= 0.3 is 6.18 Å². The summed E-state index contributed by atoms with van der Waals surface area (Å²) in [6.07, 6.45) is -0.665. The zero-order valence-corrected chi connectivity index (χ0v) is 16.6. The number of nitrogens with zero attached hydrogens (tertiary/aromatic N) is 4. The highest BCUT2D eigenvalue weighted by atomic mass is 32.1. The highest BCUT2D eigenvalue weighted by Gasteiger charge is 2.36. The van der Waals surface area contributed by atoms with Crippen LogP contribution in [0, 0.1) is 0 Å². The van der Waals surface area contributed by atoms with Crippen molar-refractivity contribution in [2.75, 3.05) is 44.2 Å². The fourth-order valence-corrected chi connectivity index (χ4v) is 4.98. The van der Waals surface area contributed by atoms with Crippen LogP contribution in [0.4, 0.5) is 19.0 Å². The molecule has 4 rings (SSSR count). The van der Waals surface area contributed by atoms with Crippen LogP contribution < -0.4 is 4.90 Å². The van der Waals surface area contributed by atoms with E-state index in [1.165, 1.54) is 17.1 Å². The summed E-state index contributed by atoms with van der Waals surface area (Å²) in [7, 11) is 0. The summed E-state index contributed by atoms with van der Waals surface area (Å²) in [4.78, 5) is 12.2. The Hall–Kier alpha value is -1.64. The third-order valence-electron chi connectivity index (χ3n) is 5.74. The van der Waals surface area contributed by atoms with Crippen molar-refractivity contribution in [2.24, 2.45) is 0 Å². The van der Waals surface area contributed by atoms with E-state index in [4.69, 9.17) is 0 Å². The summed E-state index contributed by atoms with van der Waals surface area (Å²) < 4.78 is 39.8. The van der Waals surface area contributed by atoms with Crippen molar-refractivity contribution in [3.05, 3.63) is 46.3 Å². The molecule has 4 heterocycles. The molecule has 0 N–H and O–H groups in total. The molecule has 0 radical (unpaired) electrons. The number of halogens is 3. The molecule has 0 saturated carbocycles. The Labute approximate surface area is 167 Å². The van der Waals surface area contributed by atoms with Crippen molar-refractivity contribution in [1.82, 2.24) is 14.8 Å². The van der Waals surface area contributed by atoms with Crippen LogP contribution in [0.1, 0.15) is 23.3 Å². The second kappa shape index (κ2) is 8.39. The van der Waals surface area contributed by atoms with Crippen molar-refractivity contribution >= 4 is 17.2 Å². The minimum atomic E-state index is -4.36. The number of alkyl halides is 3. The predicted octanol–water partition coefficient (Wildman–Crippen LogP) is 3.95. The van der Waals surface area contributed by atoms with E-state index in [9.17, 15) is 13.2 Å². The fraction of sp³-hybridized carbons (Fsp3) is 0.550. The normalized spacial score (nSPS) is 20.6. The summed E-state index contributed by atoms with van der Waals surface area (Å²) in [5.74, 6) is 0.0698. The van der Waals surface area contributed by atoms with E-state index in [1.807, 2.05) is 0 Å². The van der Waals surface area contributed by atoms with Crippen molar-refractivity contribution in [3.63, 3.8) is 0 Å². The van der Waals surface area contributed by atoms with Crippen LogP contribution in [0.15, 0.2) is 35.8 Å². The van der Waals surface area contributed by atoms with E-state index >= 15 is 0 Å². The Morgan fingerprint density at radius 2 is 1.75 bits per heavy atom. The van der Waals surface area contributed by atoms with Crippen molar-refractivity contribution in [3.8, 4) is 0 Å². The first-order valence-corrected chi connectivity index (χ1v) is 10.6. The number of rotatable bonds is 4. The monoisotopic (exact) mass is 410 g/mol. The summed E-state index contributed by atoms with van der Waals surface area (Å²) in [6.45, 7) is 5.97. The van der Waals surface area contributed by atoms with Gasteiger partial charge in [0.25, 0.3) is 0 Å². The van der Waals surface area contributed by atoms with E-state index in [0.29, 0.717) is 19.1 Å². The zero-order chi connectivity index (χ0) is 19.6. The maximum atomic E-state index is 13.3. The topological polar surface area (TPSA) is 22.6 Å². The molecule has 2 saturated heterocycles. The van der Waals surface area contributed by atoms with Gasteiger partial charge in [-0.1, -0.05) is 6.07 Å². The summed E-state index contributed by atoms with van der Waals surface area (Å²) in [5.41, 5.74) is -0.634. The maximum Gasteiger partial charge on any atom is 0.419 e. The Morgan fingerprint density at radius 3 is 2.39 bits per heavy atom. The van der Waals surface area contributed by atoms with E-state index < -0.39 is 11.7 Å². The molecule has 28 heavy (non-hydrogen) atoms. The van der Waals surface area contributed by atoms with Crippen molar-refractivity contribution < 1.29 is 13.2 Å². The molecule has 2 fully saturated rings. The smallest absolute Gasteiger partial charge is 0.354 e. The minimum absolute atomic E-state index is 0.0698. The molecule has 0 bridgehead atoms. The molecule has 0 unspecified atom stereocenters. The SMILES string of the molecule is FC(F)(F)c1cccnc1N1CCN(C2CCN(Cc3cccs3)CC2)CC1. The summed E-state index contributed by atoms with van der Waals surface area (Å²) >= 11 is 1.80. The first-order chi connectivity index (χ1) is 13.5. The number of likely N-dealkylation sites (tertiary alicyclic amines) is 1. The first kappa shape index (κ1) is 19.7. The van der Waals surface area contributed by atoms with Gasteiger partial charge in [-0.3, -0.25) is 9.80 Å². The first-order valence-electron chi connectivity index (χ1n) is 9.76. The number of aromatic nitrogens is 1. The van der Waals surface area contributed by atoms with Crippen LogP contribution in [0.25, 0.3) is 0 Å². The van der Waals surface area contributed by atoms with Crippen molar-refractivity contribution in [1.29, 1.82) is 0 Å². The Morgan fingerprint density at radius 1 is 1.00 bits per heavy atom. The van der Waals surface area contributed by atoms with Gasteiger partial charge in [-0.15, -0.1) is 11.3 Å². The molecular weight excluding hydrogens is 385 g/mol. The molecule has 2 aromatic heterocycles. The predicted molar refractivity (Wildman–Crippen MR) is 106 cm³/mol. The molecular formula is C20H25F3N4S. The van der Waals surface area contributed by atoms with Gasteiger partial charge in [0.2, 0.25) is 0 Å². The number of piperazine rings is 1. The molecule has 0 spiro atoms. The molecule has 0 atom stereocenters. The number of hydrogen-bond donors (Lipinski definition) is 0. The fourth-order valence-electron chi connectivity index (χ4n) is 4.23. The zero-order valence-electron chi connectivity index (χ0n) is 15.7. The number of piperidine rings is 1. The second-order valence-corrected chi connectivity index (χ2v) is 8.51. The average Bonchev–Trinajstić information content (AvgIpc) is 3.21. The van der Waals surface area contributed by atoms with Gasteiger partial charge in [0.1, 0.15) is 5.82 Å². The Balaban J connectivity index is 1.30. The molecule has 2 aromatic rings. The second-order valence-electron chi connectivity index (χ2n) is 7.48. The lowest BCUT2D eigenvalue weighted by Gasteiger charge is -2.43. The van der Waals surface area contributed by atoms with E-state index in [0.717, 1.165) is 51.6 Å². The highest BCUT2D eigenvalue weighted by molar-refractivity contribution is 7.09. The average molecular weight is 411 g/mol. The molecule has 4 nitrogen and oxygen atoms in total. The molecule has 152 valence electrons. The van der Waals surface area contributed by atoms with Crippen LogP contribution in [0.5, 0.6) is 0 Å². The van der Waals surface area contributed by atoms with Gasteiger partial charge in [-0.25, -0.2) is 4.98 Å². The van der Waals surface area contributed by atoms with Crippen molar-refractivity contribution in [2.45, 2.75) is 31.6 Å². The van der Waals surface area contributed by atoms with E-state index in [2.05, 4.69) is 32.3 Å². The summed E-state index contributed by atoms with van der Waals surface area (Å²) in [5, 5.41) is 2.12. The van der Waals surface area contributed by atoms with Crippen LogP contribution in [-0.4, -0.2) is 60.1 Å². The number of pyridine rings is 1. The molecule has 2 aliphatic rings. The van der Waals surface area contributed by atoms with Gasteiger partial charge < -0.3 is 4.90 Å². The molecule has 0 amide bonds. The number of hydrogen-bond acceptors (Lipinski definition) is 5. The Bertz CT molecular complexity index is 749. The third kappa shape index (κ3) is 4.50. The maximum absolute atomic E-state index is 13.3. The minimum Gasteiger partial charge on any atom is -0.354 e. The van der Waals surface area contributed by atoms with Gasteiger partial charge in [0.15, 0.2) is 0 Å². The van der Waals surface area contributed by atoms with Crippen LogP contribution in [0.3, 0.4) is 0 Å². The largest absolute Gasteiger partial charge is 0.419 e. The highest BCUT2D eigenvalue weighted by Crippen LogP contribution is 2.35. The summed E-state index contributed by atoms with van der Waals surface area (Å²) in [6, 6.07) is 7.29. The Kier molecular flexibility index (Phi) is 5.89. The van der Waals surface area contributed by atoms with Crippen LogP contribution in [0.2, 0.25) is 0 Å². The lowest BCUT2D eigenvalue weighted by atomic mass is 10.0. The molecule has 8 heteroatoms. The number of thiophene rings is 1. The lowest BCUT2D eigenvalue weighted by Crippen LogP contribution is -2.53. The molecule has 0 aromatic carbocycles. The van der Waals surface area contributed by atoms with Crippen LogP contribution >= 0.6 is 11.3 Å². The van der Waals surface area contributed by atoms with Crippen LogP contribution in [-0.2, 0) is 12.7 Å². The molecule has 0 aliphatic carbocycles. The van der Waals surface area contributed by atoms with Gasteiger partial charge in [0, 0.05) is 62.9 Å². The van der Waals surface area contributed by atoms with Gasteiger partial charge in [0.05, 0.1) is 5.56 Å².